The third-order valence-corrected chi connectivity index (χ3v) is 16.1. The van der Waals surface area contributed by atoms with E-state index in [9.17, 15) is 0 Å². The molecule has 0 saturated heterocycles. The minimum Gasteiger partial charge on any atom is -0.657 e. The maximum absolute atomic E-state index is 5.79. The maximum atomic E-state index is 5.79. The summed E-state index contributed by atoms with van der Waals surface area (Å²) in [6, 6.07) is 38.9. The molecule has 3 aromatic heterocycles. The smallest absolute Gasteiger partial charge is 0.657 e. The van der Waals surface area contributed by atoms with E-state index in [4.69, 9.17) is 19.9 Å². The molecule has 5 heterocycles. The Labute approximate surface area is 488 Å². The van der Waals surface area contributed by atoms with Crippen LogP contribution >= 0.6 is 0 Å². The molecule has 2 aliphatic heterocycles. The molecular formula is C73H84N4SiZn. The first-order chi connectivity index (χ1) is 36.0. The van der Waals surface area contributed by atoms with Crippen LogP contribution in [0, 0.1) is 11.5 Å². The largest absolute Gasteiger partial charge is 2.00 e. The van der Waals surface area contributed by atoms with Crippen LogP contribution in [-0.4, -0.2) is 18.0 Å². The van der Waals surface area contributed by atoms with Crippen LogP contribution in [0.3, 0.4) is 0 Å². The number of aromatic nitrogens is 4. The molecule has 0 saturated carbocycles. The molecule has 9 rings (SSSR count). The molecule has 4 nitrogen and oxygen atoms in total. The van der Waals surface area contributed by atoms with Gasteiger partial charge in [0.1, 0.15) is 8.07 Å². The van der Waals surface area contributed by atoms with E-state index in [2.05, 4.69) is 283 Å². The van der Waals surface area contributed by atoms with Gasteiger partial charge in [0.15, 0.2) is 0 Å². The normalized spacial score (nSPS) is 13.3. The Bertz CT molecular complexity index is 3640. The second-order valence-corrected chi connectivity index (χ2v) is 34.1. The van der Waals surface area contributed by atoms with Crippen molar-refractivity contribution in [1.82, 2.24) is 19.9 Å². The predicted octanol–water partition coefficient (Wildman–Crippen LogP) is 19.6. The molecule has 402 valence electrons. The Hall–Kier alpha value is -6.12. The number of nitrogens with zero attached hydrogens (tertiary/aromatic N) is 4. The molecule has 0 fully saturated rings. The Balaban J connectivity index is 0.00000822. The Morgan fingerprint density at radius 2 is 0.570 bits per heavy atom. The molecule has 0 radical (unpaired) electrons. The van der Waals surface area contributed by atoms with Crippen molar-refractivity contribution in [3.05, 3.63) is 165 Å². The molecule has 0 aliphatic carbocycles. The first-order valence-corrected chi connectivity index (χ1v) is 31.7. The zero-order valence-electron chi connectivity index (χ0n) is 51.6. The molecule has 0 N–H and O–H groups in total. The third kappa shape index (κ3) is 12.8. The molecule has 0 unspecified atom stereocenters. The molecule has 0 spiro atoms. The summed E-state index contributed by atoms with van der Waals surface area (Å²) < 4.78 is 0. The van der Waals surface area contributed by atoms with E-state index in [1.165, 1.54) is 33.4 Å². The van der Waals surface area contributed by atoms with E-state index in [1.807, 2.05) is 0 Å². The molecule has 8 bridgehead atoms. The van der Waals surface area contributed by atoms with Crippen molar-refractivity contribution in [1.29, 1.82) is 0 Å². The average Bonchev–Trinajstić information content (AvgIpc) is 4.31. The number of hydrogen-bond donors (Lipinski definition) is 0. The fourth-order valence-electron chi connectivity index (χ4n) is 10.2. The van der Waals surface area contributed by atoms with Gasteiger partial charge < -0.3 is 9.97 Å². The first kappa shape index (κ1) is 59.0. The number of fused-ring (bicyclic) bond motifs is 8. The van der Waals surface area contributed by atoms with E-state index in [-0.39, 0.29) is 52.0 Å². The van der Waals surface area contributed by atoms with Gasteiger partial charge in [-0.25, -0.2) is 9.97 Å². The first-order valence-electron chi connectivity index (χ1n) is 28.2. The van der Waals surface area contributed by atoms with E-state index in [1.54, 1.807) is 0 Å². The topological polar surface area (TPSA) is 54.0 Å². The monoisotopic (exact) mass is 1110 g/mol. The zero-order valence-corrected chi connectivity index (χ0v) is 55.6. The second kappa shape index (κ2) is 20.8. The molecular weight excluding hydrogens is 1030 g/mol. The van der Waals surface area contributed by atoms with Crippen molar-refractivity contribution in [2.45, 2.75) is 177 Å². The molecule has 6 heteroatoms. The molecule has 0 amide bonds. The Morgan fingerprint density at radius 1 is 0.329 bits per heavy atom. The van der Waals surface area contributed by atoms with Crippen molar-refractivity contribution in [2.75, 3.05) is 0 Å². The van der Waals surface area contributed by atoms with Crippen molar-refractivity contribution in [3.63, 3.8) is 0 Å². The predicted molar refractivity (Wildman–Crippen MR) is 341 cm³/mol. The van der Waals surface area contributed by atoms with Gasteiger partial charge >= 0.3 is 19.5 Å². The van der Waals surface area contributed by atoms with Gasteiger partial charge in [-0.2, -0.15) is 0 Å². The minimum absolute atomic E-state index is 0. The van der Waals surface area contributed by atoms with Gasteiger partial charge in [-0.15, -0.1) is 27.6 Å². The number of benzene rings is 4. The summed E-state index contributed by atoms with van der Waals surface area (Å²) in [7, 11) is -1.60. The molecule has 4 aromatic carbocycles. The standard InChI is InChI=1S/C73H84N4Si.Zn/c1-68(2,3)50-36-47(37-51(42-50)69(4,5)6)65-58-28-26-56(74-58)64(46-24-22-45(23-25-46)34-35-78(19,20)21)57-27-29-59(75-57)66(48-38-52(70(7,8)9)43-53(39-48)71(10,11)12)61-31-33-63(77-61)67(62-32-30-60(65)76-62)49-40-54(72(13,14)15)44-55(41-49)73(16,17)18;/h22-33,36-44H,1-21H3;/q-2;+2. The van der Waals surface area contributed by atoms with Gasteiger partial charge in [-0.1, -0.05) is 241 Å². The third-order valence-electron chi connectivity index (χ3n) is 15.2. The van der Waals surface area contributed by atoms with Crippen molar-refractivity contribution in [2.24, 2.45) is 0 Å². The molecule has 79 heavy (non-hydrogen) atoms. The van der Waals surface area contributed by atoms with Crippen LogP contribution in [0.4, 0.5) is 0 Å². The summed E-state index contributed by atoms with van der Waals surface area (Å²) in [5.74, 6) is 3.49. The van der Waals surface area contributed by atoms with Crippen molar-refractivity contribution < 1.29 is 19.5 Å². The summed E-state index contributed by atoms with van der Waals surface area (Å²) in [5, 5.41) is 0. The van der Waals surface area contributed by atoms with Crippen LogP contribution < -0.4 is 9.97 Å². The Morgan fingerprint density at radius 3 is 0.797 bits per heavy atom. The SMILES string of the molecule is CC(C)(C)c1cc(-c2c3nc(c(-c4cc(C(C)(C)C)cc(C(C)(C)C)c4)c4ccc([n-]4)c(-c4cc(C(C)(C)C)cc(C(C)(C)C)c4)c4nc(c(-c5ccc(C#C[Si](C)(C)C)cc5)c5ccc2[n-]5)C=C4)C=C3)cc(C(C)(C)C)c1.[Zn+2]. The van der Waals surface area contributed by atoms with Crippen molar-refractivity contribution in [3.8, 4) is 56.0 Å². The summed E-state index contributed by atoms with van der Waals surface area (Å²) in [5.41, 5.74) is 26.6. The van der Waals surface area contributed by atoms with Gasteiger partial charge in [0.05, 0.1) is 22.8 Å². The van der Waals surface area contributed by atoms with Crippen LogP contribution in [0.1, 0.15) is 186 Å². The van der Waals surface area contributed by atoms with E-state index in [0.29, 0.717) is 0 Å². The zero-order chi connectivity index (χ0) is 56.9. The molecule has 2 aliphatic rings. The summed E-state index contributed by atoms with van der Waals surface area (Å²) in [6.45, 7) is 48.3. The fraction of sp³-hybridized carbons (Fsp3) is 0.370. The van der Waals surface area contributed by atoms with Gasteiger partial charge in [-0.3, -0.25) is 0 Å². The Kier molecular flexibility index (Phi) is 15.5. The molecule has 7 aromatic rings. The summed E-state index contributed by atoms with van der Waals surface area (Å²) >= 11 is 0. The fourth-order valence-corrected chi connectivity index (χ4v) is 10.7. The van der Waals surface area contributed by atoms with E-state index in [0.717, 1.165) is 94.9 Å². The minimum atomic E-state index is -1.60. The van der Waals surface area contributed by atoms with Crippen LogP contribution in [-0.2, 0) is 52.0 Å². The summed E-state index contributed by atoms with van der Waals surface area (Å²) in [6.07, 6.45) is 8.79. The van der Waals surface area contributed by atoms with Crippen LogP contribution in [0.25, 0.3) is 90.9 Å². The quantitative estimate of drug-likeness (QED) is 0.130. The van der Waals surface area contributed by atoms with Gasteiger partial charge in [-0.05, 0) is 147 Å². The van der Waals surface area contributed by atoms with Crippen LogP contribution in [0.15, 0.2) is 103 Å². The van der Waals surface area contributed by atoms with E-state index >= 15 is 0 Å². The van der Waals surface area contributed by atoms with E-state index < -0.39 is 8.07 Å². The van der Waals surface area contributed by atoms with Gasteiger partial charge in [0, 0.05) is 5.56 Å². The maximum Gasteiger partial charge on any atom is 2.00 e. The van der Waals surface area contributed by atoms with Gasteiger partial charge in [0.25, 0.3) is 0 Å². The van der Waals surface area contributed by atoms with Crippen molar-refractivity contribution >= 4 is 54.4 Å². The second-order valence-electron chi connectivity index (χ2n) is 29.3. The average molecular weight is 1110 g/mol. The van der Waals surface area contributed by atoms with Gasteiger partial charge in [0.2, 0.25) is 0 Å². The molecule has 0 atom stereocenters. The summed E-state index contributed by atoms with van der Waals surface area (Å²) in [4.78, 5) is 23.0. The van der Waals surface area contributed by atoms with Crippen LogP contribution in [0.5, 0.6) is 0 Å². The van der Waals surface area contributed by atoms with Crippen LogP contribution in [0.2, 0.25) is 19.6 Å². The number of hydrogen-bond acceptors (Lipinski definition) is 2. The number of rotatable bonds is 4.